The van der Waals surface area contributed by atoms with E-state index in [0.29, 0.717) is 49.8 Å². The number of rotatable bonds is 3. The van der Waals surface area contributed by atoms with Crippen molar-refractivity contribution < 1.29 is 14.4 Å². The van der Waals surface area contributed by atoms with Crippen molar-refractivity contribution in [1.29, 1.82) is 0 Å². The molecular formula is C25H35N5O3. The van der Waals surface area contributed by atoms with E-state index in [9.17, 15) is 14.4 Å². The highest BCUT2D eigenvalue weighted by molar-refractivity contribution is 5.78. The lowest BCUT2D eigenvalue weighted by Gasteiger charge is -2.53. The van der Waals surface area contributed by atoms with Crippen molar-refractivity contribution in [3.05, 3.63) is 35.9 Å². The summed E-state index contributed by atoms with van der Waals surface area (Å²) in [6, 6.07) is 10.2. The zero-order valence-electron chi connectivity index (χ0n) is 19.2. The Kier molecular flexibility index (Phi) is 6.42. The molecule has 4 aliphatic rings. The fourth-order valence-corrected chi connectivity index (χ4v) is 6.20. The molecule has 5 rings (SSSR count). The number of benzene rings is 1. The van der Waals surface area contributed by atoms with Crippen LogP contribution < -0.4 is 10.6 Å². The van der Waals surface area contributed by atoms with Crippen molar-refractivity contribution >= 4 is 18.0 Å². The normalized spacial score (nSPS) is 27.7. The van der Waals surface area contributed by atoms with E-state index in [0.717, 1.165) is 57.3 Å². The predicted octanol–water partition coefficient (Wildman–Crippen LogP) is 2.40. The molecule has 1 aromatic carbocycles. The van der Waals surface area contributed by atoms with Crippen molar-refractivity contribution in [3.8, 4) is 0 Å². The Hall–Kier alpha value is -2.77. The second-order valence-corrected chi connectivity index (χ2v) is 10.1. The molecule has 4 heterocycles. The molecule has 2 bridgehead atoms. The third-order valence-corrected chi connectivity index (χ3v) is 7.85. The third-order valence-electron chi connectivity index (χ3n) is 7.85. The molecule has 2 N–H and O–H groups in total. The molecule has 0 aromatic heterocycles. The van der Waals surface area contributed by atoms with Crippen molar-refractivity contribution in [2.75, 3.05) is 32.7 Å². The minimum atomic E-state index is -0.154. The molecule has 3 atom stereocenters. The summed E-state index contributed by atoms with van der Waals surface area (Å²) in [4.78, 5) is 44.0. The smallest absolute Gasteiger partial charge is 0.320 e. The van der Waals surface area contributed by atoms with Crippen LogP contribution in [-0.2, 0) is 11.3 Å². The maximum Gasteiger partial charge on any atom is 0.320 e. The number of amides is 5. The number of hydrogen-bond donors (Lipinski definition) is 2. The fourth-order valence-electron chi connectivity index (χ4n) is 6.20. The first-order valence-corrected chi connectivity index (χ1v) is 12.5. The highest BCUT2D eigenvalue weighted by Crippen LogP contribution is 2.38. The van der Waals surface area contributed by atoms with Gasteiger partial charge in [-0.15, -0.1) is 0 Å². The molecule has 33 heavy (non-hydrogen) atoms. The molecule has 4 aliphatic heterocycles. The molecule has 178 valence electrons. The van der Waals surface area contributed by atoms with Crippen molar-refractivity contribution in [2.45, 2.75) is 57.2 Å². The fraction of sp³-hybridized carbons (Fsp3) is 0.640. The molecule has 0 radical (unpaired) electrons. The van der Waals surface area contributed by atoms with Crippen molar-refractivity contribution in [3.63, 3.8) is 0 Å². The summed E-state index contributed by atoms with van der Waals surface area (Å²) in [5.41, 5.74) is 1.07. The van der Waals surface area contributed by atoms with Crippen LogP contribution in [0.5, 0.6) is 0 Å². The number of hydrogen-bond acceptors (Lipinski definition) is 3. The van der Waals surface area contributed by atoms with Crippen LogP contribution in [-0.4, -0.2) is 77.5 Å². The van der Waals surface area contributed by atoms with Crippen LogP contribution in [0.2, 0.25) is 0 Å². The van der Waals surface area contributed by atoms with Gasteiger partial charge in [-0.05, 0) is 49.5 Å². The summed E-state index contributed by atoms with van der Waals surface area (Å²) < 4.78 is 0. The van der Waals surface area contributed by atoms with Gasteiger partial charge in [0, 0.05) is 57.8 Å². The molecule has 0 unspecified atom stereocenters. The predicted molar refractivity (Wildman–Crippen MR) is 124 cm³/mol. The third kappa shape index (κ3) is 4.94. The summed E-state index contributed by atoms with van der Waals surface area (Å²) in [6.45, 7) is 4.18. The van der Waals surface area contributed by atoms with Crippen LogP contribution >= 0.6 is 0 Å². The van der Waals surface area contributed by atoms with E-state index >= 15 is 0 Å². The quantitative estimate of drug-likeness (QED) is 0.737. The lowest BCUT2D eigenvalue weighted by atomic mass is 9.76. The Morgan fingerprint density at radius 2 is 1.76 bits per heavy atom. The van der Waals surface area contributed by atoms with E-state index in [-0.39, 0.29) is 18.1 Å². The van der Waals surface area contributed by atoms with E-state index in [1.807, 2.05) is 40.1 Å². The van der Waals surface area contributed by atoms with Gasteiger partial charge < -0.3 is 25.3 Å². The van der Waals surface area contributed by atoms with Gasteiger partial charge in [-0.3, -0.25) is 4.79 Å². The van der Waals surface area contributed by atoms with E-state index < -0.39 is 0 Å². The molecular weight excluding hydrogens is 418 g/mol. The zero-order chi connectivity index (χ0) is 22.8. The summed E-state index contributed by atoms with van der Waals surface area (Å²) in [7, 11) is 0. The van der Waals surface area contributed by atoms with Gasteiger partial charge in [0.15, 0.2) is 0 Å². The topological polar surface area (TPSA) is 85.0 Å². The van der Waals surface area contributed by atoms with E-state index in [2.05, 4.69) is 15.5 Å². The Morgan fingerprint density at radius 3 is 2.55 bits per heavy atom. The van der Waals surface area contributed by atoms with Gasteiger partial charge in [0.05, 0.1) is 0 Å². The van der Waals surface area contributed by atoms with E-state index in [4.69, 9.17) is 0 Å². The zero-order valence-corrected chi connectivity index (χ0v) is 19.2. The molecule has 5 amide bonds. The van der Waals surface area contributed by atoms with Crippen LogP contribution in [0.3, 0.4) is 0 Å². The summed E-state index contributed by atoms with van der Waals surface area (Å²) in [5.74, 6) is 1.12. The molecule has 0 aliphatic carbocycles. The molecule has 1 aromatic rings. The van der Waals surface area contributed by atoms with Crippen LogP contribution in [0.1, 0.15) is 44.1 Å². The molecule has 4 fully saturated rings. The highest BCUT2D eigenvalue weighted by Gasteiger charge is 2.45. The van der Waals surface area contributed by atoms with Gasteiger partial charge in [0.25, 0.3) is 0 Å². The van der Waals surface area contributed by atoms with Gasteiger partial charge in [0.2, 0.25) is 5.91 Å². The largest absolute Gasteiger partial charge is 0.339 e. The van der Waals surface area contributed by atoms with E-state index in [1.54, 1.807) is 0 Å². The number of carbonyl (C=O) groups excluding carboxylic acids is 3. The van der Waals surface area contributed by atoms with Crippen molar-refractivity contribution in [1.82, 2.24) is 25.3 Å². The molecule has 0 saturated carbocycles. The first-order chi connectivity index (χ1) is 16.1. The Balaban J connectivity index is 1.08. The summed E-state index contributed by atoms with van der Waals surface area (Å²) >= 11 is 0. The average molecular weight is 454 g/mol. The molecule has 0 spiro atoms. The highest BCUT2D eigenvalue weighted by atomic mass is 16.2. The van der Waals surface area contributed by atoms with Crippen molar-refractivity contribution in [2.24, 2.45) is 11.8 Å². The lowest BCUT2D eigenvalue weighted by molar-refractivity contribution is -0.144. The summed E-state index contributed by atoms with van der Waals surface area (Å²) in [6.07, 6.45) is 5.43. The van der Waals surface area contributed by atoms with Gasteiger partial charge in [-0.1, -0.05) is 30.3 Å². The average Bonchev–Trinajstić information content (AvgIpc) is 2.84. The number of urea groups is 2. The minimum Gasteiger partial charge on any atom is -0.339 e. The van der Waals surface area contributed by atoms with Crippen LogP contribution in [0.25, 0.3) is 0 Å². The number of nitrogens with zero attached hydrogens (tertiary/aromatic N) is 3. The Labute approximate surface area is 195 Å². The number of piperidine rings is 4. The van der Waals surface area contributed by atoms with Gasteiger partial charge >= 0.3 is 12.1 Å². The first-order valence-electron chi connectivity index (χ1n) is 12.5. The van der Waals surface area contributed by atoms with Gasteiger partial charge in [-0.25, -0.2) is 9.59 Å². The van der Waals surface area contributed by atoms with Crippen LogP contribution in [0.15, 0.2) is 30.3 Å². The number of likely N-dealkylation sites (tertiary alicyclic amines) is 2. The number of nitrogens with one attached hydrogen (secondary N) is 2. The SMILES string of the molecule is O=C(NCc1ccccc1)NC1CCN(C(=O)N2C[C@H]3C[C@H](C2)[C@H]2CCCC(=O)N2C3)CC1. The van der Waals surface area contributed by atoms with E-state index in [1.165, 1.54) is 0 Å². The van der Waals surface area contributed by atoms with Crippen LogP contribution in [0.4, 0.5) is 9.59 Å². The maximum atomic E-state index is 13.3. The first kappa shape index (κ1) is 22.0. The number of carbonyl (C=O) groups is 3. The second kappa shape index (κ2) is 9.61. The lowest BCUT2D eigenvalue weighted by Crippen LogP contribution is -2.62. The van der Waals surface area contributed by atoms with Gasteiger partial charge in [-0.2, -0.15) is 0 Å². The molecule has 4 saturated heterocycles. The monoisotopic (exact) mass is 453 g/mol. The molecule has 8 heteroatoms. The maximum absolute atomic E-state index is 13.3. The Bertz CT molecular complexity index is 870. The number of fused-ring (bicyclic) bond motifs is 4. The Morgan fingerprint density at radius 1 is 0.970 bits per heavy atom. The summed E-state index contributed by atoms with van der Waals surface area (Å²) in [5, 5.41) is 5.97. The standard InChI is InChI=1S/C25H35N5O3/c31-23-8-4-7-22-20-13-19(16-30(22)23)15-29(17-20)25(33)28-11-9-21(10-12-28)27-24(32)26-14-18-5-2-1-3-6-18/h1-3,5-6,19-22H,4,7-17H2,(H2,26,27,32)/t19-,20-,22-/m1/s1. The van der Waals surface area contributed by atoms with Crippen LogP contribution in [0, 0.1) is 11.8 Å². The molecule has 8 nitrogen and oxygen atoms in total. The van der Waals surface area contributed by atoms with Gasteiger partial charge in [0.1, 0.15) is 0 Å². The second-order valence-electron chi connectivity index (χ2n) is 10.1. The minimum absolute atomic E-state index is 0.0902.